The van der Waals surface area contributed by atoms with Crippen LogP contribution in [-0.2, 0) is 0 Å². The smallest absolute Gasteiger partial charge is 0.0457 e. The Bertz CT molecular complexity index is 995. The van der Waals surface area contributed by atoms with Crippen molar-refractivity contribution in [3.63, 3.8) is 0 Å². The third kappa shape index (κ3) is 3.35. The summed E-state index contributed by atoms with van der Waals surface area (Å²) in [4.78, 5) is 5.83. The number of para-hydroxylation sites is 1. The Labute approximate surface area is 161 Å². The normalized spacial score (nSPS) is 12.2. The molecule has 0 aliphatic carbocycles. The number of nitrogens with one attached hydrogen (secondary N) is 1. The maximum absolute atomic E-state index is 3.45. The highest BCUT2D eigenvalue weighted by Gasteiger charge is 2.20. The lowest BCUT2D eigenvalue weighted by Gasteiger charge is -2.23. The maximum atomic E-state index is 3.45. The fraction of sp³-hybridized carbons (Fsp3) is 0.200. The van der Waals surface area contributed by atoms with Crippen molar-refractivity contribution < 1.29 is 0 Å². The second-order valence-electron chi connectivity index (χ2n) is 6.90. The minimum absolute atomic E-state index is 0.216. The summed E-state index contributed by atoms with van der Waals surface area (Å²) in [5.41, 5.74) is 6.44. The number of benzene rings is 3. The molecule has 1 atom stereocenters. The number of anilines is 1. The van der Waals surface area contributed by atoms with E-state index in [1.54, 1.807) is 0 Å². The SMILES string of the molecule is CCN(CC)c1ccc(C(c2ccccc2)c2c[nH]c3ccccc23)cc1. The number of aromatic nitrogens is 1. The van der Waals surface area contributed by atoms with E-state index >= 15 is 0 Å². The molecule has 0 fully saturated rings. The third-order valence-electron chi connectivity index (χ3n) is 5.42. The molecule has 27 heavy (non-hydrogen) atoms. The quantitative estimate of drug-likeness (QED) is 0.437. The number of hydrogen-bond acceptors (Lipinski definition) is 1. The average Bonchev–Trinajstić information content (AvgIpc) is 3.15. The second kappa shape index (κ2) is 7.71. The van der Waals surface area contributed by atoms with Crippen LogP contribution in [0.5, 0.6) is 0 Å². The van der Waals surface area contributed by atoms with Gasteiger partial charge in [0.15, 0.2) is 0 Å². The summed E-state index contributed by atoms with van der Waals surface area (Å²) in [6, 6.07) is 28.4. The van der Waals surface area contributed by atoms with Gasteiger partial charge in [-0.15, -0.1) is 0 Å². The Balaban J connectivity index is 1.82. The summed E-state index contributed by atoms with van der Waals surface area (Å²) < 4.78 is 0. The van der Waals surface area contributed by atoms with Crippen LogP contribution in [0.15, 0.2) is 85.1 Å². The van der Waals surface area contributed by atoms with Crippen molar-refractivity contribution in [2.45, 2.75) is 19.8 Å². The Morgan fingerprint density at radius 3 is 2.07 bits per heavy atom. The van der Waals surface area contributed by atoms with Gasteiger partial charge in [-0.2, -0.15) is 0 Å². The average molecular weight is 354 g/mol. The van der Waals surface area contributed by atoms with Crippen LogP contribution in [0.25, 0.3) is 10.9 Å². The zero-order chi connectivity index (χ0) is 18.6. The van der Waals surface area contributed by atoms with E-state index < -0.39 is 0 Å². The molecule has 0 aliphatic rings. The van der Waals surface area contributed by atoms with Crippen molar-refractivity contribution in [3.8, 4) is 0 Å². The lowest BCUT2D eigenvalue weighted by Crippen LogP contribution is -2.21. The number of nitrogens with zero attached hydrogens (tertiary/aromatic N) is 1. The predicted molar refractivity (Wildman–Crippen MR) is 116 cm³/mol. The summed E-state index contributed by atoms with van der Waals surface area (Å²) in [5, 5.41) is 1.29. The Morgan fingerprint density at radius 1 is 0.741 bits per heavy atom. The highest BCUT2D eigenvalue weighted by atomic mass is 15.1. The molecule has 4 aromatic rings. The largest absolute Gasteiger partial charge is 0.372 e. The minimum Gasteiger partial charge on any atom is -0.372 e. The zero-order valence-corrected chi connectivity index (χ0v) is 16.0. The minimum atomic E-state index is 0.216. The summed E-state index contributed by atoms with van der Waals surface area (Å²) in [5.74, 6) is 0.216. The van der Waals surface area contributed by atoms with Crippen LogP contribution in [0.4, 0.5) is 5.69 Å². The van der Waals surface area contributed by atoms with Gasteiger partial charge in [-0.25, -0.2) is 0 Å². The van der Waals surface area contributed by atoms with Crippen LogP contribution in [0.1, 0.15) is 36.5 Å². The number of fused-ring (bicyclic) bond motifs is 1. The standard InChI is InChI=1S/C25H26N2/c1-3-27(4-2)21-16-14-20(15-17-21)25(19-10-6-5-7-11-19)23-18-26-24-13-9-8-12-22(23)24/h5-18,25-26H,3-4H2,1-2H3. The van der Waals surface area contributed by atoms with Gasteiger partial charge in [-0.1, -0.05) is 60.7 Å². The molecule has 0 amide bonds. The van der Waals surface area contributed by atoms with E-state index in [1.165, 1.54) is 33.3 Å². The molecule has 0 bridgehead atoms. The van der Waals surface area contributed by atoms with Crippen LogP contribution >= 0.6 is 0 Å². The van der Waals surface area contributed by atoms with Gasteiger partial charge in [0.05, 0.1) is 0 Å². The first-order valence-electron chi connectivity index (χ1n) is 9.77. The molecular formula is C25H26N2. The van der Waals surface area contributed by atoms with E-state index in [-0.39, 0.29) is 5.92 Å². The van der Waals surface area contributed by atoms with Crippen molar-refractivity contribution in [1.29, 1.82) is 0 Å². The van der Waals surface area contributed by atoms with E-state index in [9.17, 15) is 0 Å². The van der Waals surface area contributed by atoms with Gasteiger partial charge >= 0.3 is 0 Å². The van der Waals surface area contributed by atoms with Gasteiger partial charge in [0.1, 0.15) is 0 Å². The summed E-state index contributed by atoms with van der Waals surface area (Å²) in [7, 11) is 0. The molecule has 2 heteroatoms. The van der Waals surface area contributed by atoms with Crippen molar-refractivity contribution in [3.05, 3.63) is 102 Å². The Morgan fingerprint density at radius 2 is 1.37 bits per heavy atom. The molecule has 1 heterocycles. The summed E-state index contributed by atoms with van der Waals surface area (Å²) in [6.45, 7) is 6.47. The molecule has 136 valence electrons. The van der Waals surface area contributed by atoms with Crippen molar-refractivity contribution in [1.82, 2.24) is 4.98 Å². The molecular weight excluding hydrogens is 328 g/mol. The second-order valence-corrected chi connectivity index (χ2v) is 6.90. The molecule has 1 unspecified atom stereocenters. The van der Waals surface area contributed by atoms with Crippen LogP contribution < -0.4 is 4.90 Å². The van der Waals surface area contributed by atoms with Crippen LogP contribution in [0.2, 0.25) is 0 Å². The molecule has 1 aromatic heterocycles. The van der Waals surface area contributed by atoms with Gasteiger partial charge in [-0.3, -0.25) is 0 Å². The highest BCUT2D eigenvalue weighted by molar-refractivity contribution is 5.84. The van der Waals surface area contributed by atoms with Gasteiger partial charge in [0, 0.05) is 41.8 Å². The van der Waals surface area contributed by atoms with E-state index in [2.05, 4.69) is 109 Å². The fourth-order valence-corrected chi connectivity index (χ4v) is 4.00. The summed E-state index contributed by atoms with van der Waals surface area (Å²) in [6.07, 6.45) is 2.17. The predicted octanol–water partition coefficient (Wildman–Crippen LogP) is 6.19. The van der Waals surface area contributed by atoms with Crippen molar-refractivity contribution in [2.24, 2.45) is 0 Å². The first-order valence-corrected chi connectivity index (χ1v) is 9.77. The molecule has 1 N–H and O–H groups in total. The lowest BCUT2D eigenvalue weighted by molar-refractivity contribution is 0.864. The first-order chi connectivity index (χ1) is 13.3. The van der Waals surface area contributed by atoms with Gasteiger partial charge in [-0.05, 0) is 48.7 Å². The Kier molecular flexibility index (Phi) is 4.97. The molecule has 0 saturated carbocycles. The Hall–Kier alpha value is -3.00. The lowest BCUT2D eigenvalue weighted by atomic mass is 9.85. The number of rotatable bonds is 6. The number of aromatic amines is 1. The number of hydrogen-bond donors (Lipinski definition) is 1. The molecule has 0 saturated heterocycles. The van der Waals surface area contributed by atoms with Gasteiger partial charge < -0.3 is 9.88 Å². The van der Waals surface area contributed by atoms with E-state index in [4.69, 9.17) is 0 Å². The van der Waals surface area contributed by atoms with Crippen LogP contribution in [0, 0.1) is 0 Å². The van der Waals surface area contributed by atoms with E-state index in [0.717, 1.165) is 13.1 Å². The van der Waals surface area contributed by atoms with Crippen molar-refractivity contribution in [2.75, 3.05) is 18.0 Å². The van der Waals surface area contributed by atoms with Gasteiger partial charge in [0.25, 0.3) is 0 Å². The van der Waals surface area contributed by atoms with Crippen LogP contribution in [-0.4, -0.2) is 18.1 Å². The fourth-order valence-electron chi connectivity index (χ4n) is 4.00. The first kappa shape index (κ1) is 17.4. The molecule has 0 spiro atoms. The topological polar surface area (TPSA) is 19.0 Å². The highest BCUT2D eigenvalue weighted by Crippen LogP contribution is 2.36. The third-order valence-corrected chi connectivity index (χ3v) is 5.42. The zero-order valence-electron chi connectivity index (χ0n) is 16.0. The molecule has 0 radical (unpaired) electrons. The van der Waals surface area contributed by atoms with Crippen LogP contribution in [0.3, 0.4) is 0 Å². The van der Waals surface area contributed by atoms with E-state index in [1.807, 2.05) is 0 Å². The van der Waals surface area contributed by atoms with E-state index in [0.29, 0.717) is 0 Å². The molecule has 3 aromatic carbocycles. The molecule has 2 nitrogen and oxygen atoms in total. The maximum Gasteiger partial charge on any atom is 0.0457 e. The van der Waals surface area contributed by atoms with Gasteiger partial charge in [0.2, 0.25) is 0 Å². The van der Waals surface area contributed by atoms with Crippen molar-refractivity contribution >= 4 is 16.6 Å². The molecule has 4 rings (SSSR count). The monoisotopic (exact) mass is 354 g/mol. The summed E-state index contributed by atoms with van der Waals surface area (Å²) >= 11 is 0. The number of H-pyrrole nitrogens is 1. The molecule has 0 aliphatic heterocycles.